The van der Waals surface area contributed by atoms with E-state index >= 15 is 0 Å². The normalized spacial score (nSPS) is 18.1. The lowest BCUT2D eigenvalue weighted by Gasteiger charge is -2.32. The second-order valence-corrected chi connectivity index (χ2v) is 4.30. The third-order valence-electron chi connectivity index (χ3n) is 2.95. The summed E-state index contributed by atoms with van der Waals surface area (Å²) in [4.78, 5) is 23.9. The first-order valence-electron chi connectivity index (χ1n) is 6.20. The Balaban J connectivity index is 2.34. The van der Waals surface area contributed by atoms with E-state index in [0.29, 0.717) is 25.9 Å². The van der Waals surface area contributed by atoms with Crippen LogP contribution in [0.3, 0.4) is 0 Å². The van der Waals surface area contributed by atoms with Gasteiger partial charge in [0, 0.05) is 13.1 Å². The van der Waals surface area contributed by atoms with E-state index in [1.165, 1.54) is 4.90 Å². The molecule has 19 heavy (non-hydrogen) atoms. The number of aliphatic hydroxyl groups is 2. The molecule has 0 aromatic heterocycles. The van der Waals surface area contributed by atoms with Crippen molar-refractivity contribution in [2.45, 2.75) is 25.0 Å². The van der Waals surface area contributed by atoms with Crippen LogP contribution in [0, 0.1) is 0 Å². The van der Waals surface area contributed by atoms with Crippen molar-refractivity contribution in [3.8, 4) is 0 Å². The Morgan fingerprint density at radius 1 is 1.32 bits per heavy atom. The Bertz CT molecular complexity index is 304. The molecule has 0 unspecified atom stereocenters. The van der Waals surface area contributed by atoms with Crippen molar-refractivity contribution in [1.29, 1.82) is 0 Å². The molecule has 8 heteroatoms. The Labute approximate surface area is 111 Å². The number of carboxylic acid groups (broad SMARTS) is 1. The van der Waals surface area contributed by atoms with E-state index in [1.807, 2.05) is 0 Å². The summed E-state index contributed by atoms with van der Waals surface area (Å²) in [6.45, 7) is 0.524. The van der Waals surface area contributed by atoms with Gasteiger partial charge >= 0.3 is 12.0 Å². The molecule has 4 N–H and O–H groups in total. The SMILES string of the molecule is O=C(O)[C@@H](CO)NC(=O)N1CCC(OCCO)CC1. The van der Waals surface area contributed by atoms with Crippen LogP contribution in [0.5, 0.6) is 0 Å². The van der Waals surface area contributed by atoms with Gasteiger partial charge in [-0.05, 0) is 12.8 Å². The van der Waals surface area contributed by atoms with Crippen molar-refractivity contribution in [1.82, 2.24) is 10.2 Å². The molecule has 0 spiro atoms. The number of piperidine rings is 1. The molecule has 1 heterocycles. The van der Waals surface area contributed by atoms with Crippen LogP contribution in [0.4, 0.5) is 4.79 Å². The molecular formula is C11H20N2O6. The van der Waals surface area contributed by atoms with Crippen LogP contribution < -0.4 is 5.32 Å². The number of aliphatic hydroxyl groups excluding tert-OH is 2. The molecule has 0 aliphatic carbocycles. The summed E-state index contributed by atoms with van der Waals surface area (Å²) in [5, 5.41) is 28.4. The maximum absolute atomic E-state index is 11.8. The fourth-order valence-corrected chi connectivity index (χ4v) is 1.87. The van der Waals surface area contributed by atoms with Crippen molar-refractivity contribution < 1.29 is 29.6 Å². The molecule has 0 aromatic rings. The fraction of sp³-hybridized carbons (Fsp3) is 0.818. The van der Waals surface area contributed by atoms with E-state index in [-0.39, 0.29) is 19.3 Å². The number of ether oxygens (including phenoxy) is 1. The van der Waals surface area contributed by atoms with Crippen molar-refractivity contribution in [3.05, 3.63) is 0 Å². The molecule has 1 fully saturated rings. The molecule has 110 valence electrons. The van der Waals surface area contributed by atoms with Gasteiger partial charge in [-0.1, -0.05) is 0 Å². The van der Waals surface area contributed by atoms with Crippen LogP contribution >= 0.6 is 0 Å². The zero-order valence-electron chi connectivity index (χ0n) is 10.6. The van der Waals surface area contributed by atoms with Crippen LogP contribution in [0.25, 0.3) is 0 Å². The van der Waals surface area contributed by atoms with Gasteiger partial charge in [0.1, 0.15) is 0 Å². The number of amides is 2. The van der Waals surface area contributed by atoms with Crippen LogP contribution in [0.1, 0.15) is 12.8 Å². The van der Waals surface area contributed by atoms with E-state index in [0.717, 1.165) is 0 Å². The van der Waals surface area contributed by atoms with Crippen molar-refractivity contribution in [3.63, 3.8) is 0 Å². The minimum atomic E-state index is -1.28. The number of carbonyl (C=O) groups is 2. The minimum Gasteiger partial charge on any atom is -0.480 e. The standard InChI is InChI=1S/C11H20N2O6/c14-5-6-19-8-1-3-13(4-2-8)11(18)12-9(7-15)10(16)17/h8-9,14-15H,1-7H2,(H,12,18)(H,16,17)/t9-/m1/s1. The third-order valence-corrected chi connectivity index (χ3v) is 2.95. The number of rotatable bonds is 6. The Hall–Kier alpha value is -1.38. The molecule has 0 saturated carbocycles. The van der Waals surface area contributed by atoms with E-state index < -0.39 is 24.6 Å². The van der Waals surface area contributed by atoms with Crippen LogP contribution in [0.2, 0.25) is 0 Å². The lowest BCUT2D eigenvalue weighted by atomic mass is 10.1. The smallest absolute Gasteiger partial charge is 0.328 e. The minimum absolute atomic E-state index is 0.0179. The van der Waals surface area contributed by atoms with Gasteiger partial charge in [-0.15, -0.1) is 0 Å². The lowest BCUT2D eigenvalue weighted by molar-refractivity contribution is -0.140. The number of likely N-dealkylation sites (tertiary alicyclic amines) is 1. The van der Waals surface area contributed by atoms with Crippen molar-refractivity contribution >= 4 is 12.0 Å². The Kier molecular flexibility index (Phi) is 6.54. The average molecular weight is 276 g/mol. The van der Waals surface area contributed by atoms with Crippen LogP contribution in [-0.4, -0.2) is 77.3 Å². The third kappa shape index (κ3) is 5.01. The molecule has 1 aliphatic rings. The zero-order chi connectivity index (χ0) is 14.3. The summed E-state index contributed by atoms with van der Waals surface area (Å²) in [5.41, 5.74) is 0. The molecule has 2 amide bonds. The van der Waals surface area contributed by atoms with Gasteiger partial charge in [0.15, 0.2) is 6.04 Å². The van der Waals surface area contributed by atoms with Gasteiger partial charge in [-0.3, -0.25) is 0 Å². The van der Waals surface area contributed by atoms with Gasteiger partial charge in [-0.2, -0.15) is 0 Å². The first-order chi connectivity index (χ1) is 9.08. The summed E-state index contributed by atoms with van der Waals surface area (Å²) in [7, 11) is 0. The monoisotopic (exact) mass is 276 g/mol. The largest absolute Gasteiger partial charge is 0.480 e. The second kappa shape index (κ2) is 7.93. The predicted molar refractivity (Wildman–Crippen MR) is 64.7 cm³/mol. The summed E-state index contributed by atoms with van der Waals surface area (Å²) < 4.78 is 5.36. The number of carboxylic acids is 1. The molecule has 0 aromatic carbocycles. The van der Waals surface area contributed by atoms with Crippen molar-refractivity contribution in [2.24, 2.45) is 0 Å². The van der Waals surface area contributed by atoms with Crippen molar-refractivity contribution in [2.75, 3.05) is 32.9 Å². The number of nitrogens with zero attached hydrogens (tertiary/aromatic N) is 1. The maximum atomic E-state index is 11.8. The number of aliphatic carboxylic acids is 1. The highest BCUT2D eigenvalue weighted by molar-refractivity contribution is 5.82. The Morgan fingerprint density at radius 3 is 2.42 bits per heavy atom. The van der Waals surface area contributed by atoms with Gasteiger partial charge in [-0.25, -0.2) is 9.59 Å². The summed E-state index contributed by atoms with van der Waals surface area (Å²) >= 11 is 0. The molecule has 1 rings (SSSR count). The van der Waals surface area contributed by atoms with Gasteiger partial charge in [0.05, 0.1) is 25.9 Å². The number of urea groups is 1. The molecule has 8 nitrogen and oxygen atoms in total. The van der Waals surface area contributed by atoms with E-state index in [2.05, 4.69) is 5.32 Å². The van der Waals surface area contributed by atoms with Crippen LogP contribution in [0.15, 0.2) is 0 Å². The average Bonchev–Trinajstić information content (AvgIpc) is 2.42. The summed E-state index contributed by atoms with van der Waals surface area (Å²) in [6, 6.07) is -1.78. The van der Waals surface area contributed by atoms with Gasteiger partial charge in [0.25, 0.3) is 0 Å². The number of hydrogen-bond acceptors (Lipinski definition) is 5. The zero-order valence-corrected chi connectivity index (χ0v) is 10.6. The van der Waals surface area contributed by atoms with Gasteiger partial charge in [0.2, 0.25) is 0 Å². The maximum Gasteiger partial charge on any atom is 0.328 e. The molecule has 0 bridgehead atoms. The second-order valence-electron chi connectivity index (χ2n) is 4.30. The highest BCUT2D eigenvalue weighted by Crippen LogP contribution is 2.13. The highest BCUT2D eigenvalue weighted by atomic mass is 16.5. The summed E-state index contributed by atoms with van der Waals surface area (Å²) in [6.07, 6.45) is 1.30. The molecular weight excluding hydrogens is 256 g/mol. The molecule has 1 saturated heterocycles. The number of carbonyl (C=O) groups excluding carboxylic acids is 1. The summed E-state index contributed by atoms with van der Waals surface area (Å²) in [5.74, 6) is -1.27. The topological polar surface area (TPSA) is 119 Å². The molecule has 1 atom stereocenters. The number of nitrogens with one attached hydrogen (secondary N) is 1. The fourth-order valence-electron chi connectivity index (χ4n) is 1.87. The first kappa shape index (κ1) is 15.7. The van der Waals surface area contributed by atoms with Crippen LogP contribution in [-0.2, 0) is 9.53 Å². The first-order valence-corrected chi connectivity index (χ1v) is 6.20. The van der Waals surface area contributed by atoms with E-state index in [9.17, 15) is 9.59 Å². The lowest BCUT2D eigenvalue weighted by Crippen LogP contribution is -2.52. The Morgan fingerprint density at radius 2 is 1.95 bits per heavy atom. The highest BCUT2D eigenvalue weighted by Gasteiger charge is 2.26. The van der Waals surface area contributed by atoms with E-state index in [1.54, 1.807) is 0 Å². The number of hydrogen-bond donors (Lipinski definition) is 4. The van der Waals surface area contributed by atoms with E-state index in [4.69, 9.17) is 20.1 Å². The van der Waals surface area contributed by atoms with Gasteiger partial charge < -0.3 is 30.3 Å². The molecule has 1 aliphatic heterocycles. The molecule has 0 radical (unpaired) electrons. The quantitative estimate of drug-likeness (QED) is 0.474. The predicted octanol–water partition coefficient (Wildman–Crippen LogP) is -1.39.